The summed E-state index contributed by atoms with van der Waals surface area (Å²) in [6.07, 6.45) is 2.43. The molecule has 1 saturated heterocycles. The fraction of sp³-hybridized carbons (Fsp3) is 0.724. The van der Waals surface area contributed by atoms with Crippen molar-refractivity contribution in [3.8, 4) is 0 Å². The average Bonchev–Trinajstić information content (AvgIpc) is 2.96. The van der Waals surface area contributed by atoms with E-state index in [0.717, 1.165) is 31.6 Å². The van der Waals surface area contributed by atoms with Crippen LogP contribution in [0.4, 0.5) is 0 Å². The quantitative estimate of drug-likeness (QED) is 0.370. The Morgan fingerprint density at radius 1 is 0.872 bits per heavy atom. The van der Waals surface area contributed by atoms with Crippen LogP contribution in [0.5, 0.6) is 0 Å². The summed E-state index contributed by atoms with van der Waals surface area (Å²) in [4.78, 5) is 45.7. The van der Waals surface area contributed by atoms with Gasteiger partial charge in [0.2, 0.25) is 0 Å². The van der Waals surface area contributed by atoms with Gasteiger partial charge in [-0.2, -0.15) is 0 Å². The van der Waals surface area contributed by atoms with Gasteiger partial charge in [-0.1, -0.05) is 13.8 Å². The zero-order valence-electron chi connectivity index (χ0n) is 25.9. The Morgan fingerprint density at radius 3 is 1.79 bits per heavy atom. The highest BCUT2D eigenvalue weighted by Gasteiger charge is 2.22. The number of hydrogen-bond donors (Lipinski definition) is 0. The summed E-state index contributed by atoms with van der Waals surface area (Å²) in [6, 6.07) is 3.53. The summed E-state index contributed by atoms with van der Waals surface area (Å²) in [6.45, 7) is 21.2. The molecule has 0 amide bonds. The lowest BCUT2D eigenvalue weighted by atomic mass is 10.2. The van der Waals surface area contributed by atoms with E-state index in [4.69, 9.17) is 14.2 Å². The van der Waals surface area contributed by atoms with Gasteiger partial charge in [-0.3, -0.25) is 24.5 Å². The fourth-order valence-corrected chi connectivity index (χ4v) is 3.33. The van der Waals surface area contributed by atoms with Gasteiger partial charge in [-0.05, 0) is 53.7 Å². The minimum Gasteiger partial charge on any atom is -0.465 e. The first kappa shape index (κ1) is 36.6. The molecule has 1 aromatic rings. The first-order chi connectivity index (χ1) is 18.3. The van der Waals surface area contributed by atoms with Crippen LogP contribution >= 0.6 is 0 Å². The molecule has 2 heterocycles. The van der Waals surface area contributed by atoms with E-state index >= 15 is 0 Å². The van der Waals surface area contributed by atoms with Gasteiger partial charge in [-0.15, -0.1) is 0 Å². The molecule has 0 radical (unpaired) electrons. The van der Waals surface area contributed by atoms with E-state index in [1.807, 2.05) is 61.5 Å². The molecule has 0 N–H and O–H groups in total. The van der Waals surface area contributed by atoms with E-state index in [-0.39, 0.29) is 18.1 Å². The number of hydrogen-bond acceptors (Lipinski definition) is 10. The molecule has 39 heavy (non-hydrogen) atoms. The maximum atomic E-state index is 12.3. The molecule has 2 rings (SSSR count). The number of methoxy groups -OCH3 is 2. The van der Waals surface area contributed by atoms with Gasteiger partial charge >= 0.3 is 11.9 Å². The van der Waals surface area contributed by atoms with Crippen molar-refractivity contribution in [2.24, 2.45) is 0 Å². The normalized spacial score (nSPS) is 15.7. The van der Waals surface area contributed by atoms with Crippen LogP contribution < -0.4 is 0 Å². The monoisotopic (exact) mass is 552 g/mol. The second-order valence-corrected chi connectivity index (χ2v) is 11.0. The Morgan fingerprint density at radius 2 is 1.38 bits per heavy atom. The molecule has 0 aliphatic carbocycles. The second kappa shape index (κ2) is 18.8. The molecule has 10 heteroatoms. The number of carbonyl (C=O) groups is 3. The number of aromatic nitrogens is 1. The second-order valence-electron chi connectivity index (χ2n) is 11.0. The summed E-state index contributed by atoms with van der Waals surface area (Å²) < 4.78 is 15.1. The van der Waals surface area contributed by atoms with Crippen LogP contribution in [0.25, 0.3) is 0 Å². The van der Waals surface area contributed by atoms with Gasteiger partial charge in [-0.25, -0.2) is 4.79 Å². The van der Waals surface area contributed by atoms with E-state index < -0.39 is 11.6 Å². The third-order valence-electron chi connectivity index (χ3n) is 5.55. The predicted molar refractivity (Wildman–Crippen MR) is 154 cm³/mol. The van der Waals surface area contributed by atoms with Gasteiger partial charge in [0.05, 0.1) is 37.1 Å². The van der Waals surface area contributed by atoms with Gasteiger partial charge in [0.1, 0.15) is 11.9 Å². The van der Waals surface area contributed by atoms with Gasteiger partial charge in [0.25, 0.3) is 0 Å². The standard InChI is InChI=1S/C22H34N4O5.C5H12O.C2H6/c1-22(2,3)31-20(28)17-26-10-8-24(13-14-27)7-9-25(11-12-26)16-19-6-5-18(15-23-19)21(29)30-4;1-5(2,3)6-4;1-2/h5-6,14-15H,7-13,16-17H2,1-4H3;1-4H3;1-2H3. The molecule has 1 aliphatic heterocycles. The van der Waals surface area contributed by atoms with Gasteiger partial charge in [0.15, 0.2) is 0 Å². The number of nitrogens with zero attached hydrogens (tertiary/aromatic N) is 4. The van der Waals surface area contributed by atoms with Crippen LogP contribution in [-0.2, 0) is 30.3 Å². The topological polar surface area (TPSA) is 102 Å². The number of aldehydes is 1. The summed E-state index contributed by atoms with van der Waals surface area (Å²) in [5, 5.41) is 0. The van der Waals surface area contributed by atoms with Gasteiger partial charge < -0.3 is 19.0 Å². The van der Waals surface area contributed by atoms with E-state index in [1.165, 1.54) is 13.3 Å². The molecular formula is C29H52N4O6. The van der Waals surface area contributed by atoms with Gasteiger partial charge in [0, 0.05) is 59.1 Å². The van der Waals surface area contributed by atoms with Crippen LogP contribution in [0.1, 0.15) is 71.4 Å². The van der Waals surface area contributed by atoms with E-state index in [0.29, 0.717) is 38.3 Å². The van der Waals surface area contributed by atoms with E-state index in [1.54, 1.807) is 13.2 Å². The van der Waals surface area contributed by atoms with E-state index in [2.05, 4.69) is 19.7 Å². The number of ether oxygens (including phenoxy) is 3. The first-order valence-electron chi connectivity index (χ1n) is 13.7. The molecule has 224 valence electrons. The maximum Gasteiger partial charge on any atom is 0.339 e. The molecular weight excluding hydrogens is 500 g/mol. The fourth-order valence-electron chi connectivity index (χ4n) is 3.33. The van der Waals surface area contributed by atoms with Crippen molar-refractivity contribution in [3.63, 3.8) is 0 Å². The molecule has 0 aromatic carbocycles. The molecule has 0 atom stereocenters. The Balaban J connectivity index is 0.00000159. The van der Waals surface area contributed by atoms with Crippen molar-refractivity contribution in [1.29, 1.82) is 0 Å². The summed E-state index contributed by atoms with van der Waals surface area (Å²) in [7, 11) is 3.05. The average molecular weight is 553 g/mol. The van der Waals surface area contributed by atoms with E-state index in [9.17, 15) is 14.4 Å². The largest absolute Gasteiger partial charge is 0.465 e. The minimum atomic E-state index is -0.520. The molecule has 1 aliphatic rings. The molecule has 0 bridgehead atoms. The smallest absolute Gasteiger partial charge is 0.339 e. The molecule has 0 saturated carbocycles. The lowest BCUT2D eigenvalue weighted by molar-refractivity contribution is -0.156. The van der Waals surface area contributed by atoms with Crippen molar-refractivity contribution in [1.82, 2.24) is 19.7 Å². The van der Waals surface area contributed by atoms with Crippen LogP contribution in [0.2, 0.25) is 0 Å². The number of rotatable bonds is 7. The maximum absolute atomic E-state index is 12.3. The minimum absolute atomic E-state index is 0.0417. The zero-order chi connectivity index (χ0) is 30.1. The highest BCUT2D eigenvalue weighted by molar-refractivity contribution is 5.88. The Labute approximate surface area is 236 Å². The lowest BCUT2D eigenvalue weighted by Crippen LogP contribution is -2.41. The third kappa shape index (κ3) is 17.7. The summed E-state index contributed by atoms with van der Waals surface area (Å²) >= 11 is 0. The number of pyridine rings is 1. The molecule has 1 fully saturated rings. The van der Waals surface area contributed by atoms with Crippen molar-refractivity contribution in [2.75, 3.05) is 66.6 Å². The Kier molecular flexibility index (Phi) is 17.7. The molecule has 0 unspecified atom stereocenters. The highest BCUT2D eigenvalue weighted by Crippen LogP contribution is 2.10. The van der Waals surface area contributed by atoms with Crippen molar-refractivity contribution in [2.45, 2.75) is 73.1 Å². The Bertz CT molecular complexity index is 834. The first-order valence-corrected chi connectivity index (χ1v) is 13.7. The Hall–Kier alpha value is -2.40. The number of esters is 2. The highest BCUT2D eigenvalue weighted by atomic mass is 16.6. The van der Waals surface area contributed by atoms with Crippen molar-refractivity contribution >= 4 is 18.2 Å². The molecule has 1 aromatic heterocycles. The third-order valence-corrected chi connectivity index (χ3v) is 5.55. The molecule has 0 spiro atoms. The van der Waals surface area contributed by atoms with Crippen LogP contribution in [-0.4, -0.2) is 116 Å². The van der Waals surface area contributed by atoms with Crippen LogP contribution in [0.15, 0.2) is 18.3 Å². The lowest BCUT2D eigenvalue weighted by Gasteiger charge is -2.26. The van der Waals surface area contributed by atoms with Crippen LogP contribution in [0, 0.1) is 0 Å². The molecule has 10 nitrogen and oxygen atoms in total. The SMILES string of the molecule is CC.COC(=O)c1ccc(CN2CCN(CC=O)CCN(CC(=O)OC(C)(C)C)CC2)nc1.COC(C)(C)C. The summed E-state index contributed by atoms with van der Waals surface area (Å²) in [5.74, 6) is -0.663. The predicted octanol–water partition coefficient (Wildman–Crippen LogP) is 3.29. The van der Waals surface area contributed by atoms with Crippen molar-refractivity contribution in [3.05, 3.63) is 29.6 Å². The summed E-state index contributed by atoms with van der Waals surface area (Å²) in [5.41, 5.74) is 0.776. The zero-order valence-corrected chi connectivity index (χ0v) is 25.9. The van der Waals surface area contributed by atoms with Crippen molar-refractivity contribution < 1.29 is 28.6 Å². The van der Waals surface area contributed by atoms with Crippen LogP contribution in [0.3, 0.4) is 0 Å². The number of carbonyl (C=O) groups excluding carboxylic acids is 3.